The summed E-state index contributed by atoms with van der Waals surface area (Å²) in [5.74, 6) is 0.0367. The molecule has 0 aliphatic rings. The molecular formula is C12H12F3N3O2. The predicted molar refractivity (Wildman–Crippen MR) is 66.1 cm³/mol. The largest absolute Gasteiger partial charge is 0.573 e. The monoisotopic (exact) mass is 287 g/mol. The fraction of sp³-hybridized carbons (Fsp3) is 0.250. The number of hydrogen-bond donors (Lipinski definition) is 2. The van der Waals surface area contributed by atoms with Crippen molar-refractivity contribution in [1.29, 1.82) is 0 Å². The lowest BCUT2D eigenvalue weighted by atomic mass is 10.4. The summed E-state index contributed by atoms with van der Waals surface area (Å²) in [6.07, 6.45) is -3.20. The molecule has 0 spiro atoms. The Balaban J connectivity index is 2.11. The van der Waals surface area contributed by atoms with Crippen molar-refractivity contribution in [3.8, 4) is 17.5 Å². The number of pyridine rings is 1. The zero-order chi connectivity index (χ0) is 14.8. The number of alkyl halides is 3. The Kier molecular flexibility index (Phi) is 3.73. The van der Waals surface area contributed by atoms with E-state index in [1.807, 2.05) is 0 Å². The summed E-state index contributed by atoms with van der Waals surface area (Å²) < 4.78 is 45.6. The first kappa shape index (κ1) is 14.0. The van der Waals surface area contributed by atoms with E-state index in [0.29, 0.717) is 0 Å². The van der Waals surface area contributed by atoms with Gasteiger partial charge in [0.1, 0.15) is 0 Å². The molecule has 0 saturated carbocycles. The number of rotatable bonds is 4. The SMILES string of the molecule is CNc1ccc(Oc2cc(OC(F)(F)F)c(C)[nH]2)nc1. The van der Waals surface area contributed by atoms with Gasteiger partial charge in [0.2, 0.25) is 11.8 Å². The van der Waals surface area contributed by atoms with Crippen LogP contribution in [0.15, 0.2) is 24.4 Å². The number of nitrogens with zero attached hydrogens (tertiary/aromatic N) is 1. The second kappa shape index (κ2) is 5.32. The van der Waals surface area contributed by atoms with Crippen LogP contribution in [0, 0.1) is 6.92 Å². The number of halogens is 3. The Morgan fingerprint density at radius 2 is 2.05 bits per heavy atom. The van der Waals surface area contributed by atoms with Gasteiger partial charge < -0.3 is 19.8 Å². The van der Waals surface area contributed by atoms with Crippen molar-refractivity contribution in [3.05, 3.63) is 30.1 Å². The highest BCUT2D eigenvalue weighted by atomic mass is 19.4. The van der Waals surface area contributed by atoms with Crippen LogP contribution in [0.3, 0.4) is 0 Å². The normalized spacial score (nSPS) is 11.2. The van der Waals surface area contributed by atoms with Crippen LogP contribution in [-0.4, -0.2) is 23.4 Å². The summed E-state index contributed by atoms with van der Waals surface area (Å²) in [4.78, 5) is 6.63. The van der Waals surface area contributed by atoms with Gasteiger partial charge in [-0.25, -0.2) is 4.98 Å². The third-order valence-corrected chi connectivity index (χ3v) is 2.41. The van der Waals surface area contributed by atoms with E-state index in [1.165, 1.54) is 13.1 Å². The second-order valence-corrected chi connectivity index (χ2v) is 3.91. The van der Waals surface area contributed by atoms with E-state index in [1.54, 1.807) is 19.2 Å². The molecule has 2 aromatic heterocycles. The summed E-state index contributed by atoms with van der Waals surface area (Å²) in [5, 5.41) is 2.89. The molecule has 2 aromatic rings. The van der Waals surface area contributed by atoms with Gasteiger partial charge in [-0.2, -0.15) is 0 Å². The van der Waals surface area contributed by atoms with Gasteiger partial charge in [-0.05, 0) is 13.0 Å². The van der Waals surface area contributed by atoms with Crippen LogP contribution in [0.25, 0.3) is 0 Å². The number of hydrogen-bond acceptors (Lipinski definition) is 4. The zero-order valence-corrected chi connectivity index (χ0v) is 10.7. The van der Waals surface area contributed by atoms with E-state index >= 15 is 0 Å². The van der Waals surface area contributed by atoms with E-state index in [0.717, 1.165) is 11.8 Å². The molecule has 8 heteroatoms. The highest BCUT2D eigenvalue weighted by molar-refractivity contribution is 5.42. The first-order valence-corrected chi connectivity index (χ1v) is 5.64. The Hall–Kier alpha value is -2.38. The Morgan fingerprint density at radius 3 is 2.60 bits per heavy atom. The standard InChI is InChI=1S/C12H12F3N3O2/c1-7-9(20-12(13,14)15)5-11(18-7)19-10-4-3-8(16-2)6-17-10/h3-6,16,18H,1-2H3. The van der Waals surface area contributed by atoms with Crippen molar-refractivity contribution < 1.29 is 22.6 Å². The highest BCUT2D eigenvalue weighted by Crippen LogP contribution is 2.31. The molecule has 0 bridgehead atoms. The molecule has 2 heterocycles. The molecule has 0 unspecified atom stereocenters. The minimum absolute atomic E-state index is 0.117. The number of nitrogens with one attached hydrogen (secondary N) is 2. The molecule has 5 nitrogen and oxygen atoms in total. The van der Waals surface area contributed by atoms with Crippen LogP contribution in [0.1, 0.15) is 5.69 Å². The van der Waals surface area contributed by atoms with Gasteiger partial charge in [-0.3, -0.25) is 0 Å². The molecule has 0 amide bonds. The number of aryl methyl sites for hydroxylation is 1. The minimum atomic E-state index is -4.74. The average Bonchev–Trinajstić information content (AvgIpc) is 2.68. The van der Waals surface area contributed by atoms with Crippen molar-refractivity contribution in [3.63, 3.8) is 0 Å². The molecule has 108 valence electrons. The molecule has 0 aliphatic carbocycles. The van der Waals surface area contributed by atoms with Gasteiger partial charge in [0, 0.05) is 19.2 Å². The highest BCUT2D eigenvalue weighted by Gasteiger charge is 2.32. The number of anilines is 1. The first-order chi connectivity index (χ1) is 9.37. The van der Waals surface area contributed by atoms with Crippen LogP contribution in [-0.2, 0) is 0 Å². The van der Waals surface area contributed by atoms with Gasteiger partial charge in [0.25, 0.3) is 0 Å². The Labute approximate surface area is 112 Å². The van der Waals surface area contributed by atoms with Crippen LogP contribution in [0.5, 0.6) is 17.5 Å². The Bertz CT molecular complexity index is 579. The fourth-order valence-corrected chi connectivity index (χ4v) is 1.50. The maximum absolute atomic E-state index is 12.1. The molecule has 0 fully saturated rings. The van der Waals surface area contributed by atoms with Crippen molar-refractivity contribution in [2.45, 2.75) is 13.3 Å². The summed E-state index contributed by atoms with van der Waals surface area (Å²) in [7, 11) is 1.74. The second-order valence-electron chi connectivity index (χ2n) is 3.91. The van der Waals surface area contributed by atoms with E-state index < -0.39 is 6.36 Å². The van der Waals surface area contributed by atoms with Gasteiger partial charge in [-0.1, -0.05) is 0 Å². The lowest BCUT2D eigenvalue weighted by molar-refractivity contribution is -0.274. The third-order valence-electron chi connectivity index (χ3n) is 2.41. The molecule has 2 rings (SSSR count). The summed E-state index contributed by atoms with van der Waals surface area (Å²) in [5.41, 5.74) is 1.00. The van der Waals surface area contributed by atoms with E-state index in [4.69, 9.17) is 4.74 Å². The van der Waals surface area contributed by atoms with Crippen LogP contribution >= 0.6 is 0 Å². The molecular weight excluding hydrogens is 275 g/mol. The smallest absolute Gasteiger partial charge is 0.423 e. The number of aromatic amines is 1. The topological polar surface area (TPSA) is 59.2 Å². The van der Waals surface area contributed by atoms with Gasteiger partial charge in [0.05, 0.1) is 17.6 Å². The molecule has 0 aliphatic heterocycles. The quantitative estimate of drug-likeness (QED) is 0.904. The van der Waals surface area contributed by atoms with Crippen LogP contribution in [0.2, 0.25) is 0 Å². The number of ether oxygens (including phenoxy) is 2. The first-order valence-electron chi connectivity index (χ1n) is 5.64. The molecule has 0 aromatic carbocycles. The van der Waals surface area contributed by atoms with Crippen molar-refractivity contribution >= 4 is 5.69 Å². The van der Waals surface area contributed by atoms with E-state index in [-0.39, 0.29) is 23.2 Å². The average molecular weight is 287 g/mol. The lowest BCUT2D eigenvalue weighted by Crippen LogP contribution is -2.17. The van der Waals surface area contributed by atoms with Crippen LogP contribution < -0.4 is 14.8 Å². The summed E-state index contributed by atoms with van der Waals surface area (Å²) in [6.45, 7) is 1.45. The van der Waals surface area contributed by atoms with Crippen molar-refractivity contribution in [2.75, 3.05) is 12.4 Å². The molecule has 0 radical (unpaired) electrons. The van der Waals surface area contributed by atoms with E-state index in [9.17, 15) is 13.2 Å². The maximum Gasteiger partial charge on any atom is 0.573 e. The van der Waals surface area contributed by atoms with E-state index in [2.05, 4.69) is 20.0 Å². The van der Waals surface area contributed by atoms with Crippen molar-refractivity contribution in [2.24, 2.45) is 0 Å². The molecule has 2 N–H and O–H groups in total. The summed E-state index contributed by atoms with van der Waals surface area (Å²) in [6, 6.07) is 4.44. The molecule has 20 heavy (non-hydrogen) atoms. The summed E-state index contributed by atoms with van der Waals surface area (Å²) >= 11 is 0. The number of H-pyrrole nitrogens is 1. The maximum atomic E-state index is 12.1. The third kappa shape index (κ3) is 3.56. The number of aromatic nitrogens is 2. The Morgan fingerprint density at radius 1 is 1.30 bits per heavy atom. The van der Waals surface area contributed by atoms with Crippen molar-refractivity contribution in [1.82, 2.24) is 9.97 Å². The molecule has 0 atom stereocenters. The minimum Gasteiger partial charge on any atom is -0.423 e. The van der Waals surface area contributed by atoms with Crippen LogP contribution in [0.4, 0.5) is 18.9 Å². The molecule has 0 saturated heterocycles. The predicted octanol–water partition coefficient (Wildman–Crippen LogP) is 3.45. The fourth-order valence-electron chi connectivity index (χ4n) is 1.50. The van der Waals surface area contributed by atoms with Gasteiger partial charge in [0.15, 0.2) is 5.75 Å². The van der Waals surface area contributed by atoms with Gasteiger partial charge in [-0.15, -0.1) is 13.2 Å². The lowest BCUT2D eigenvalue weighted by Gasteiger charge is -2.06. The zero-order valence-electron chi connectivity index (χ0n) is 10.7. The van der Waals surface area contributed by atoms with Gasteiger partial charge >= 0.3 is 6.36 Å².